The summed E-state index contributed by atoms with van der Waals surface area (Å²) in [7, 11) is -3.51. The molecular weight excluding hydrogens is 291 g/mol. The van der Waals surface area contributed by atoms with Crippen molar-refractivity contribution in [3.8, 4) is 6.07 Å². The molecule has 4 nitrogen and oxygen atoms in total. The fourth-order valence-corrected chi connectivity index (χ4v) is 2.99. The quantitative estimate of drug-likeness (QED) is 0.865. The highest BCUT2D eigenvalue weighted by Gasteiger charge is 2.38. The summed E-state index contributed by atoms with van der Waals surface area (Å²) < 4.78 is 22.7. The number of halogens is 2. The van der Waals surface area contributed by atoms with Crippen LogP contribution in [0.3, 0.4) is 0 Å². The Labute approximate surface area is 108 Å². The van der Waals surface area contributed by atoms with Gasteiger partial charge in [-0.1, -0.05) is 23.2 Å². The van der Waals surface area contributed by atoms with E-state index in [2.05, 4.69) is 4.72 Å². The summed E-state index contributed by atoms with van der Waals surface area (Å²) in [4.78, 5) is 0. The molecule has 0 bridgehead atoms. The maximum atomic E-state index is 11.2. The average Bonchev–Trinajstić information content (AvgIpc) is 2.65. The molecule has 1 atom stereocenters. The zero-order valence-corrected chi connectivity index (χ0v) is 11.3. The first-order valence-electron chi connectivity index (χ1n) is 4.05. The fourth-order valence-electron chi connectivity index (χ4n) is 1.07. The van der Waals surface area contributed by atoms with Crippen LogP contribution in [0, 0.1) is 11.3 Å². The molecule has 1 N–H and O–H groups in total. The molecule has 0 aliphatic rings. The van der Waals surface area contributed by atoms with Gasteiger partial charge in [-0.25, -0.2) is 13.1 Å². The van der Waals surface area contributed by atoms with Crippen LogP contribution < -0.4 is 4.72 Å². The van der Waals surface area contributed by atoms with Crippen molar-refractivity contribution in [2.75, 3.05) is 6.26 Å². The van der Waals surface area contributed by atoms with Crippen LogP contribution in [0.1, 0.15) is 11.6 Å². The van der Waals surface area contributed by atoms with Crippen molar-refractivity contribution in [1.82, 2.24) is 4.72 Å². The van der Waals surface area contributed by atoms with Gasteiger partial charge in [0.2, 0.25) is 14.4 Å². The van der Waals surface area contributed by atoms with Gasteiger partial charge in [-0.15, -0.1) is 0 Å². The molecule has 1 heterocycles. The zero-order valence-electron chi connectivity index (χ0n) is 8.15. The lowest BCUT2D eigenvalue weighted by molar-refractivity contribution is 0.558. The van der Waals surface area contributed by atoms with Crippen molar-refractivity contribution in [2.24, 2.45) is 0 Å². The average molecular weight is 299 g/mol. The topological polar surface area (TPSA) is 70.0 Å². The molecule has 0 unspecified atom stereocenters. The van der Waals surface area contributed by atoms with Crippen LogP contribution in [0.2, 0.25) is 0 Å². The smallest absolute Gasteiger partial charge is 0.213 e. The molecule has 0 saturated heterocycles. The number of nitrogens with one attached hydrogen (secondary N) is 1. The molecule has 0 amide bonds. The van der Waals surface area contributed by atoms with Crippen molar-refractivity contribution in [3.05, 3.63) is 22.4 Å². The van der Waals surface area contributed by atoms with Crippen LogP contribution in [0.15, 0.2) is 16.8 Å². The normalized spacial score (nSPS) is 14.4. The molecule has 0 aliphatic carbocycles. The molecule has 0 spiro atoms. The van der Waals surface area contributed by atoms with Gasteiger partial charge in [-0.2, -0.15) is 16.6 Å². The van der Waals surface area contributed by atoms with Gasteiger partial charge in [-0.05, 0) is 22.4 Å². The number of hydrogen-bond acceptors (Lipinski definition) is 4. The highest BCUT2D eigenvalue weighted by atomic mass is 35.5. The minimum absolute atomic E-state index is 0.557. The lowest BCUT2D eigenvalue weighted by Crippen LogP contribution is -2.37. The summed E-state index contributed by atoms with van der Waals surface area (Å²) in [6.07, 6.45) is 0.980. The molecular formula is C8H8Cl2N2O2S2. The van der Waals surface area contributed by atoms with Crippen LogP contribution in [-0.4, -0.2) is 19.0 Å². The maximum Gasteiger partial charge on any atom is 0.223 e. The Morgan fingerprint density at radius 3 is 2.62 bits per heavy atom. The van der Waals surface area contributed by atoms with Crippen LogP contribution in [-0.2, 0) is 10.0 Å². The molecule has 1 aromatic heterocycles. The second-order valence-corrected chi connectivity index (χ2v) is 7.06. The molecule has 0 radical (unpaired) electrons. The first-order chi connectivity index (χ1) is 7.26. The van der Waals surface area contributed by atoms with E-state index in [1.165, 1.54) is 11.3 Å². The standard InChI is InChI=1S/C8H8Cl2N2O2S2/c1-16(13,14)12-7(8(9,10)5-11)6-2-3-15-4-6/h2-4,7,12H,1H3/t7-/m0/s1. The third kappa shape index (κ3) is 3.61. The van der Waals surface area contributed by atoms with E-state index in [0.717, 1.165) is 6.26 Å². The van der Waals surface area contributed by atoms with E-state index < -0.39 is 20.4 Å². The summed E-state index contributed by atoms with van der Waals surface area (Å²) in [5, 5.41) is 12.2. The molecule has 16 heavy (non-hydrogen) atoms. The summed E-state index contributed by atoms with van der Waals surface area (Å²) in [5.74, 6) is 0. The monoisotopic (exact) mass is 298 g/mol. The Morgan fingerprint density at radius 1 is 1.62 bits per heavy atom. The van der Waals surface area contributed by atoms with Gasteiger partial charge >= 0.3 is 0 Å². The number of thiophene rings is 1. The van der Waals surface area contributed by atoms with Gasteiger partial charge < -0.3 is 0 Å². The predicted molar refractivity (Wildman–Crippen MR) is 65.1 cm³/mol. The second-order valence-electron chi connectivity index (χ2n) is 3.11. The van der Waals surface area contributed by atoms with E-state index in [0.29, 0.717) is 5.56 Å². The Morgan fingerprint density at radius 2 is 2.25 bits per heavy atom. The molecule has 1 aromatic rings. The lowest BCUT2D eigenvalue weighted by Gasteiger charge is -2.23. The van der Waals surface area contributed by atoms with E-state index in [9.17, 15) is 8.42 Å². The molecule has 0 fully saturated rings. The largest absolute Gasteiger partial charge is 0.223 e. The van der Waals surface area contributed by atoms with Gasteiger partial charge in [0, 0.05) is 0 Å². The summed E-state index contributed by atoms with van der Waals surface area (Å²) in [6.45, 7) is 0. The van der Waals surface area contributed by atoms with Gasteiger partial charge in [-0.3, -0.25) is 0 Å². The molecule has 0 aliphatic heterocycles. The fraction of sp³-hybridized carbons (Fsp3) is 0.375. The third-order valence-electron chi connectivity index (χ3n) is 1.72. The number of sulfonamides is 1. The van der Waals surface area contributed by atoms with E-state index in [1.54, 1.807) is 22.9 Å². The first kappa shape index (κ1) is 13.7. The van der Waals surface area contributed by atoms with Crippen LogP contribution >= 0.6 is 34.5 Å². The second kappa shape index (κ2) is 4.90. The summed E-state index contributed by atoms with van der Waals surface area (Å²) in [5.41, 5.74) is 0.557. The maximum absolute atomic E-state index is 11.2. The van der Waals surface area contributed by atoms with Crippen molar-refractivity contribution in [2.45, 2.75) is 10.4 Å². The first-order valence-corrected chi connectivity index (χ1v) is 7.64. The van der Waals surface area contributed by atoms with Gasteiger partial charge in [0.25, 0.3) is 0 Å². The number of nitriles is 1. The van der Waals surface area contributed by atoms with Crippen molar-refractivity contribution in [3.63, 3.8) is 0 Å². The highest BCUT2D eigenvalue weighted by molar-refractivity contribution is 7.88. The summed E-state index contributed by atoms with van der Waals surface area (Å²) in [6, 6.07) is 2.33. The molecule has 0 aromatic carbocycles. The van der Waals surface area contributed by atoms with Crippen molar-refractivity contribution in [1.29, 1.82) is 5.26 Å². The van der Waals surface area contributed by atoms with Gasteiger partial charge in [0.05, 0.1) is 12.3 Å². The zero-order chi connectivity index (χ0) is 12.4. The van der Waals surface area contributed by atoms with E-state index in [1.807, 2.05) is 0 Å². The summed E-state index contributed by atoms with van der Waals surface area (Å²) >= 11 is 12.9. The number of alkyl halides is 2. The minimum atomic E-state index is -3.51. The molecule has 88 valence electrons. The van der Waals surface area contributed by atoms with Gasteiger partial charge in [0.1, 0.15) is 6.07 Å². The number of nitrogens with zero attached hydrogens (tertiary/aromatic N) is 1. The minimum Gasteiger partial charge on any atom is -0.213 e. The van der Waals surface area contributed by atoms with Crippen LogP contribution in [0.25, 0.3) is 0 Å². The van der Waals surface area contributed by atoms with Crippen molar-refractivity contribution < 1.29 is 8.42 Å². The molecule has 1 rings (SSSR count). The highest BCUT2D eigenvalue weighted by Crippen LogP contribution is 2.36. The van der Waals surface area contributed by atoms with Crippen LogP contribution in [0.4, 0.5) is 0 Å². The molecule has 0 saturated carbocycles. The van der Waals surface area contributed by atoms with Gasteiger partial charge in [0.15, 0.2) is 0 Å². The van der Waals surface area contributed by atoms with Crippen molar-refractivity contribution >= 4 is 44.6 Å². The SMILES string of the molecule is CS(=O)(=O)N[C@@H](c1ccsc1)C(Cl)(Cl)C#N. The number of hydrogen-bond donors (Lipinski definition) is 1. The Balaban J connectivity index is 3.11. The van der Waals surface area contributed by atoms with E-state index in [4.69, 9.17) is 28.5 Å². The predicted octanol–water partition coefficient (Wildman–Crippen LogP) is 2.04. The lowest BCUT2D eigenvalue weighted by atomic mass is 10.1. The van der Waals surface area contributed by atoms with Crippen LogP contribution in [0.5, 0.6) is 0 Å². The Hall–Kier alpha value is -0.320. The third-order valence-corrected chi connectivity index (χ3v) is 3.69. The number of rotatable bonds is 4. The van der Waals surface area contributed by atoms with E-state index in [-0.39, 0.29) is 0 Å². The Bertz CT molecular complexity index is 491. The van der Waals surface area contributed by atoms with E-state index >= 15 is 0 Å². The Kier molecular flexibility index (Phi) is 4.21. The molecule has 8 heteroatoms.